The number of rotatable bonds is 5. The highest BCUT2D eigenvalue weighted by Crippen LogP contribution is 2.10. The van der Waals surface area contributed by atoms with Gasteiger partial charge in [-0.3, -0.25) is 0 Å². The predicted octanol–water partition coefficient (Wildman–Crippen LogP) is 0.541. The zero-order valence-electron chi connectivity index (χ0n) is 7.51. The molecule has 1 aromatic heterocycles. The third-order valence-electron chi connectivity index (χ3n) is 1.52. The summed E-state index contributed by atoms with van der Waals surface area (Å²) < 4.78 is 5.17. The number of ether oxygens (including phenoxy) is 1. The van der Waals surface area contributed by atoms with Gasteiger partial charge in [0.25, 0.3) is 0 Å². The summed E-state index contributed by atoms with van der Waals surface area (Å²) in [6.07, 6.45) is 1.89. The van der Waals surface area contributed by atoms with E-state index >= 15 is 0 Å². The minimum atomic E-state index is -1.09. The normalized spacial score (nSPS) is 9.79. The summed E-state index contributed by atoms with van der Waals surface area (Å²) in [7, 11) is 0. The Balaban J connectivity index is 2.59. The fraction of sp³-hybridized carbons (Fsp3) is 0.333. The summed E-state index contributed by atoms with van der Waals surface area (Å²) in [4.78, 5) is 14.2. The Morgan fingerprint density at radius 2 is 2.36 bits per heavy atom. The molecule has 0 spiro atoms. The van der Waals surface area contributed by atoms with Gasteiger partial charge in [-0.05, 0) is 6.07 Å². The van der Waals surface area contributed by atoms with Gasteiger partial charge in [0.2, 0.25) is 0 Å². The van der Waals surface area contributed by atoms with Gasteiger partial charge >= 0.3 is 5.97 Å². The molecule has 0 bridgehead atoms. The highest BCUT2D eigenvalue weighted by atomic mass is 16.5. The van der Waals surface area contributed by atoms with E-state index in [9.17, 15) is 4.79 Å². The molecule has 14 heavy (non-hydrogen) atoms. The molecule has 1 heterocycles. The molecule has 0 aliphatic rings. The number of aromatic nitrogens is 1. The van der Waals surface area contributed by atoms with Gasteiger partial charge < -0.3 is 14.9 Å². The number of carboxylic acid groups (broad SMARTS) is 1. The van der Waals surface area contributed by atoms with Gasteiger partial charge in [-0.15, -0.1) is 0 Å². The second-order valence-corrected chi connectivity index (χ2v) is 2.61. The van der Waals surface area contributed by atoms with E-state index in [0.717, 1.165) is 0 Å². The number of aliphatic hydroxyl groups is 1. The summed E-state index contributed by atoms with van der Waals surface area (Å²) in [6.45, 7) is 0.413. The minimum absolute atomic E-state index is 0.0495. The summed E-state index contributed by atoms with van der Waals surface area (Å²) >= 11 is 0. The molecule has 0 radical (unpaired) electrons. The van der Waals surface area contributed by atoms with Crippen LogP contribution >= 0.6 is 0 Å². The van der Waals surface area contributed by atoms with E-state index in [1.807, 2.05) is 0 Å². The molecule has 1 aromatic rings. The molecule has 0 aliphatic carbocycles. The number of pyridine rings is 1. The zero-order valence-corrected chi connectivity index (χ0v) is 7.51. The van der Waals surface area contributed by atoms with Crippen LogP contribution in [0.4, 0.5) is 0 Å². The maximum Gasteiger partial charge on any atom is 0.354 e. The Morgan fingerprint density at radius 1 is 1.57 bits per heavy atom. The van der Waals surface area contributed by atoms with Crippen LogP contribution in [0.25, 0.3) is 0 Å². The van der Waals surface area contributed by atoms with Gasteiger partial charge in [0.1, 0.15) is 5.75 Å². The third-order valence-corrected chi connectivity index (χ3v) is 1.52. The van der Waals surface area contributed by atoms with Crippen LogP contribution < -0.4 is 4.74 Å². The molecule has 0 aliphatic heterocycles. The molecule has 0 fully saturated rings. The van der Waals surface area contributed by atoms with E-state index in [-0.39, 0.29) is 12.3 Å². The SMILES string of the molecule is O=C(O)c1cc(OCCCO)ccn1. The number of carbonyl (C=O) groups is 1. The molecular formula is C9H11NO4. The van der Waals surface area contributed by atoms with Crippen molar-refractivity contribution in [2.24, 2.45) is 0 Å². The number of carboxylic acids is 1. The van der Waals surface area contributed by atoms with Gasteiger partial charge in [0.05, 0.1) is 6.61 Å². The van der Waals surface area contributed by atoms with E-state index in [0.29, 0.717) is 18.8 Å². The lowest BCUT2D eigenvalue weighted by Crippen LogP contribution is -2.03. The van der Waals surface area contributed by atoms with Crippen molar-refractivity contribution in [1.82, 2.24) is 4.98 Å². The predicted molar refractivity (Wildman–Crippen MR) is 48.4 cm³/mol. The lowest BCUT2D eigenvalue weighted by atomic mass is 10.3. The Bertz CT molecular complexity index is 313. The van der Waals surface area contributed by atoms with Crippen molar-refractivity contribution in [2.45, 2.75) is 6.42 Å². The quantitative estimate of drug-likeness (QED) is 0.673. The number of hydrogen-bond donors (Lipinski definition) is 2. The summed E-state index contributed by atoms with van der Waals surface area (Å²) in [5, 5.41) is 17.1. The van der Waals surface area contributed by atoms with Gasteiger partial charge in [-0.1, -0.05) is 0 Å². The van der Waals surface area contributed by atoms with Crippen molar-refractivity contribution in [1.29, 1.82) is 0 Å². The van der Waals surface area contributed by atoms with Crippen molar-refractivity contribution in [2.75, 3.05) is 13.2 Å². The lowest BCUT2D eigenvalue weighted by Gasteiger charge is -2.04. The number of aliphatic hydroxyl groups excluding tert-OH is 1. The van der Waals surface area contributed by atoms with Crippen LogP contribution in [0, 0.1) is 0 Å². The highest BCUT2D eigenvalue weighted by molar-refractivity contribution is 5.85. The maximum absolute atomic E-state index is 10.5. The number of nitrogens with zero attached hydrogens (tertiary/aromatic N) is 1. The molecule has 0 aromatic carbocycles. The molecule has 0 saturated carbocycles. The first-order valence-corrected chi connectivity index (χ1v) is 4.17. The van der Waals surface area contributed by atoms with E-state index in [1.54, 1.807) is 6.07 Å². The van der Waals surface area contributed by atoms with Crippen molar-refractivity contribution in [3.8, 4) is 5.75 Å². The van der Waals surface area contributed by atoms with E-state index < -0.39 is 5.97 Å². The maximum atomic E-state index is 10.5. The standard InChI is InChI=1S/C9H11NO4/c11-4-1-5-14-7-2-3-10-8(6-7)9(12)13/h2-3,6,11H,1,4-5H2,(H,12,13). The Morgan fingerprint density at radius 3 is 3.00 bits per heavy atom. The van der Waals surface area contributed by atoms with E-state index in [4.69, 9.17) is 14.9 Å². The molecule has 0 amide bonds. The molecule has 0 saturated heterocycles. The molecule has 0 unspecified atom stereocenters. The minimum Gasteiger partial charge on any atom is -0.493 e. The van der Waals surface area contributed by atoms with Crippen molar-refractivity contribution in [3.63, 3.8) is 0 Å². The van der Waals surface area contributed by atoms with Crippen LogP contribution in [0.3, 0.4) is 0 Å². The van der Waals surface area contributed by atoms with Crippen LogP contribution in [0.1, 0.15) is 16.9 Å². The molecule has 1 rings (SSSR count). The number of aromatic carboxylic acids is 1. The molecule has 5 nitrogen and oxygen atoms in total. The van der Waals surface area contributed by atoms with Gasteiger partial charge in [0.15, 0.2) is 5.69 Å². The first-order valence-electron chi connectivity index (χ1n) is 4.17. The second kappa shape index (κ2) is 5.18. The van der Waals surface area contributed by atoms with Crippen LogP contribution in [-0.4, -0.2) is 34.4 Å². The van der Waals surface area contributed by atoms with Gasteiger partial charge in [-0.2, -0.15) is 0 Å². The summed E-state index contributed by atoms with van der Waals surface area (Å²) in [5.74, 6) is -0.636. The molecular weight excluding hydrogens is 186 g/mol. The van der Waals surface area contributed by atoms with E-state index in [1.165, 1.54) is 12.3 Å². The average Bonchev–Trinajstić information content (AvgIpc) is 2.19. The first kappa shape index (κ1) is 10.5. The molecule has 5 heteroatoms. The smallest absolute Gasteiger partial charge is 0.354 e. The Labute approximate surface area is 81.0 Å². The number of hydrogen-bond acceptors (Lipinski definition) is 4. The first-order chi connectivity index (χ1) is 6.74. The largest absolute Gasteiger partial charge is 0.493 e. The fourth-order valence-corrected chi connectivity index (χ4v) is 0.872. The summed E-state index contributed by atoms with van der Waals surface area (Å²) in [5.41, 5.74) is -0.0495. The van der Waals surface area contributed by atoms with Crippen LogP contribution in [0.2, 0.25) is 0 Å². The molecule has 0 atom stereocenters. The van der Waals surface area contributed by atoms with Gasteiger partial charge in [-0.25, -0.2) is 9.78 Å². The summed E-state index contributed by atoms with van der Waals surface area (Å²) in [6, 6.07) is 2.92. The van der Waals surface area contributed by atoms with Gasteiger partial charge in [0, 0.05) is 25.3 Å². The van der Waals surface area contributed by atoms with Crippen molar-refractivity contribution in [3.05, 3.63) is 24.0 Å². The average molecular weight is 197 g/mol. The fourth-order valence-electron chi connectivity index (χ4n) is 0.872. The molecule has 2 N–H and O–H groups in total. The second-order valence-electron chi connectivity index (χ2n) is 2.61. The van der Waals surface area contributed by atoms with Crippen molar-refractivity contribution < 1.29 is 19.7 Å². The lowest BCUT2D eigenvalue weighted by molar-refractivity contribution is 0.0689. The van der Waals surface area contributed by atoms with Crippen molar-refractivity contribution >= 4 is 5.97 Å². The van der Waals surface area contributed by atoms with E-state index in [2.05, 4.69) is 4.98 Å². The molecule has 76 valence electrons. The third kappa shape index (κ3) is 3.02. The van der Waals surface area contributed by atoms with Crippen LogP contribution in [0.5, 0.6) is 5.75 Å². The van der Waals surface area contributed by atoms with Crippen LogP contribution in [0.15, 0.2) is 18.3 Å². The zero-order chi connectivity index (χ0) is 10.4. The highest BCUT2D eigenvalue weighted by Gasteiger charge is 2.04. The topological polar surface area (TPSA) is 79.7 Å². The van der Waals surface area contributed by atoms with Crippen LogP contribution in [-0.2, 0) is 0 Å². The Kier molecular flexibility index (Phi) is 3.87. The Hall–Kier alpha value is -1.62. The monoisotopic (exact) mass is 197 g/mol.